The van der Waals surface area contributed by atoms with E-state index in [0.717, 1.165) is 5.69 Å². The molecule has 0 aromatic carbocycles. The normalized spacial score (nSPS) is 7.45. The average molecular weight is 151 g/mol. The van der Waals surface area contributed by atoms with E-state index in [9.17, 15) is 0 Å². The highest BCUT2D eigenvalue weighted by Crippen LogP contribution is 1.85. The lowest BCUT2D eigenvalue weighted by molar-refractivity contribution is 0.339. The molecule has 0 unspecified atom stereocenters. The number of methoxy groups -OCH3 is 1. The van der Waals surface area contributed by atoms with Crippen LogP contribution in [0, 0.1) is 6.92 Å². The first-order valence-electron chi connectivity index (χ1n) is 3.32. The van der Waals surface area contributed by atoms with Crippen LogP contribution in [0.2, 0.25) is 0 Å². The molecule has 60 valence electrons. The predicted octanol–water partition coefficient (Wildman–Crippen LogP) is 2.17. The van der Waals surface area contributed by atoms with Crippen LogP contribution in [-0.2, 0) is 4.74 Å². The molecule has 0 amide bonds. The first kappa shape index (κ1) is 9.69. The van der Waals surface area contributed by atoms with Crippen molar-refractivity contribution in [3.63, 3.8) is 0 Å². The van der Waals surface area contributed by atoms with Gasteiger partial charge in [-0.1, -0.05) is 12.6 Å². The summed E-state index contributed by atoms with van der Waals surface area (Å²) in [5.41, 5.74) is 1.07. The summed E-state index contributed by atoms with van der Waals surface area (Å²) >= 11 is 0. The Morgan fingerprint density at radius 2 is 2.18 bits per heavy atom. The molecule has 0 aliphatic rings. The van der Waals surface area contributed by atoms with Crippen LogP contribution in [0.1, 0.15) is 5.69 Å². The van der Waals surface area contributed by atoms with E-state index in [1.807, 2.05) is 25.1 Å². The fourth-order valence-corrected chi connectivity index (χ4v) is 0.448. The molecule has 0 bridgehead atoms. The molecule has 1 heterocycles. The largest absolute Gasteiger partial charge is 0.505 e. The maximum atomic E-state index is 4.31. The molecule has 0 N–H and O–H groups in total. The summed E-state index contributed by atoms with van der Waals surface area (Å²) in [5.74, 6) is 0. The first-order valence-corrected chi connectivity index (χ1v) is 3.32. The van der Waals surface area contributed by atoms with Gasteiger partial charge in [0.15, 0.2) is 0 Å². The minimum Gasteiger partial charge on any atom is -0.505 e. The van der Waals surface area contributed by atoms with Crippen LogP contribution in [0.5, 0.6) is 0 Å². The molecule has 0 saturated carbocycles. The molecule has 0 spiro atoms. The van der Waals surface area contributed by atoms with Crippen molar-refractivity contribution in [1.82, 2.24) is 4.98 Å². The predicted molar refractivity (Wildman–Crippen MR) is 46.2 cm³/mol. The molecule has 1 aromatic heterocycles. The molecular weight excluding hydrogens is 138 g/mol. The van der Waals surface area contributed by atoms with Crippen molar-refractivity contribution < 1.29 is 4.74 Å². The summed E-state index contributed by atoms with van der Waals surface area (Å²) in [7, 11) is 1.56. The van der Waals surface area contributed by atoms with Crippen LogP contribution in [0.25, 0.3) is 0 Å². The van der Waals surface area contributed by atoms with E-state index in [0.29, 0.717) is 0 Å². The molecular formula is C9H13NO. The van der Waals surface area contributed by atoms with Crippen molar-refractivity contribution in [1.29, 1.82) is 0 Å². The minimum atomic E-state index is 1.07. The van der Waals surface area contributed by atoms with E-state index >= 15 is 0 Å². The molecule has 0 atom stereocenters. The number of rotatable bonds is 1. The second-order valence-corrected chi connectivity index (χ2v) is 1.87. The Bertz CT molecular complexity index is 184. The van der Waals surface area contributed by atoms with Crippen LogP contribution < -0.4 is 0 Å². The molecule has 2 nitrogen and oxygen atoms in total. The van der Waals surface area contributed by atoms with Crippen LogP contribution in [0.3, 0.4) is 0 Å². The lowest BCUT2D eigenvalue weighted by Crippen LogP contribution is -1.72. The lowest BCUT2D eigenvalue weighted by atomic mass is 10.4. The van der Waals surface area contributed by atoms with Crippen LogP contribution in [-0.4, -0.2) is 12.1 Å². The first-order chi connectivity index (χ1) is 5.31. The highest BCUT2D eigenvalue weighted by atomic mass is 16.5. The zero-order valence-electron chi connectivity index (χ0n) is 6.95. The van der Waals surface area contributed by atoms with Gasteiger partial charge in [0.25, 0.3) is 0 Å². The van der Waals surface area contributed by atoms with Gasteiger partial charge in [0.2, 0.25) is 0 Å². The Balaban J connectivity index is 0.000000218. The zero-order valence-corrected chi connectivity index (χ0v) is 6.95. The van der Waals surface area contributed by atoms with E-state index in [1.54, 1.807) is 13.3 Å². The van der Waals surface area contributed by atoms with E-state index in [4.69, 9.17) is 0 Å². The molecule has 0 aliphatic heterocycles. The summed E-state index contributed by atoms with van der Waals surface area (Å²) in [6.45, 7) is 5.23. The fourth-order valence-electron chi connectivity index (χ4n) is 0.448. The fraction of sp³-hybridized carbons (Fsp3) is 0.222. The summed E-state index contributed by atoms with van der Waals surface area (Å²) in [5, 5.41) is 0. The van der Waals surface area contributed by atoms with Crippen molar-refractivity contribution in [2.45, 2.75) is 6.92 Å². The number of ether oxygens (including phenoxy) is 1. The van der Waals surface area contributed by atoms with Gasteiger partial charge in [0, 0.05) is 11.9 Å². The van der Waals surface area contributed by atoms with Crippen molar-refractivity contribution >= 4 is 0 Å². The summed E-state index contributed by atoms with van der Waals surface area (Å²) in [6.07, 6.45) is 3.16. The smallest absolute Gasteiger partial charge is 0.0766 e. The SMILES string of the molecule is C=COC.Cc1ccccn1. The van der Waals surface area contributed by atoms with Gasteiger partial charge in [-0.25, -0.2) is 0 Å². The van der Waals surface area contributed by atoms with E-state index < -0.39 is 0 Å². The number of hydrogen-bond acceptors (Lipinski definition) is 2. The van der Waals surface area contributed by atoms with Gasteiger partial charge < -0.3 is 4.74 Å². The van der Waals surface area contributed by atoms with Crippen molar-refractivity contribution in [2.75, 3.05) is 7.11 Å². The molecule has 0 radical (unpaired) electrons. The molecule has 1 rings (SSSR count). The maximum Gasteiger partial charge on any atom is 0.0766 e. The zero-order chi connectivity index (χ0) is 8.53. The molecule has 11 heavy (non-hydrogen) atoms. The number of hydrogen-bond donors (Lipinski definition) is 0. The molecule has 0 fully saturated rings. The van der Waals surface area contributed by atoms with Gasteiger partial charge in [0.1, 0.15) is 0 Å². The second-order valence-electron chi connectivity index (χ2n) is 1.87. The number of aromatic nitrogens is 1. The molecule has 0 saturated heterocycles. The second kappa shape index (κ2) is 6.81. The average Bonchev–Trinajstić information content (AvgIpc) is 2.07. The van der Waals surface area contributed by atoms with Crippen LogP contribution >= 0.6 is 0 Å². The monoisotopic (exact) mass is 151 g/mol. The number of aryl methyl sites for hydroxylation is 1. The summed E-state index contributed by atoms with van der Waals surface area (Å²) < 4.78 is 4.31. The van der Waals surface area contributed by atoms with Gasteiger partial charge in [-0.15, -0.1) is 0 Å². The Labute approximate surface area is 67.5 Å². The Morgan fingerprint density at radius 3 is 2.36 bits per heavy atom. The third-order valence-electron chi connectivity index (χ3n) is 0.979. The van der Waals surface area contributed by atoms with Crippen LogP contribution in [0.4, 0.5) is 0 Å². The molecule has 0 aliphatic carbocycles. The Hall–Kier alpha value is -1.31. The van der Waals surface area contributed by atoms with Gasteiger partial charge in [-0.3, -0.25) is 4.98 Å². The van der Waals surface area contributed by atoms with Crippen molar-refractivity contribution in [3.8, 4) is 0 Å². The van der Waals surface area contributed by atoms with Gasteiger partial charge in [0.05, 0.1) is 13.4 Å². The van der Waals surface area contributed by atoms with Gasteiger partial charge in [-0.2, -0.15) is 0 Å². The van der Waals surface area contributed by atoms with E-state index in [2.05, 4.69) is 16.3 Å². The highest BCUT2D eigenvalue weighted by molar-refractivity contribution is 4.99. The minimum absolute atomic E-state index is 1.07. The van der Waals surface area contributed by atoms with E-state index in [1.165, 1.54) is 6.26 Å². The Morgan fingerprint density at radius 1 is 1.55 bits per heavy atom. The highest BCUT2D eigenvalue weighted by Gasteiger charge is 1.73. The quantitative estimate of drug-likeness (QED) is 0.574. The standard InChI is InChI=1S/C6H7N.C3H6O/c1-6-4-2-3-5-7-6;1-3-4-2/h2-5H,1H3;3H,1H2,2H3. The van der Waals surface area contributed by atoms with Crippen molar-refractivity contribution in [3.05, 3.63) is 42.9 Å². The van der Waals surface area contributed by atoms with Gasteiger partial charge >= 0.3 is 0 Å². The van der Waals surface area contributed by atoms with Gasteiger partial charge in [-0.05, 0) is 19.1 Å². The number of pyridine rings is 1. The molecule has 1 aromatic rings. The Kier molecular flexibility index (Phi) is 5.99. The topological polar surface area (TPSA) is 22.1 Å². The maximum absolute atomic E-state index is 4.31. The molecule has 2 heteroatoms. The van der Waals surface area contributed by atoms with E-state index in [-0.39, 0.29) is 0 Å². The third-order valence-corrected chi connectivity index (χ3v) is 0.979. The van der Waals surface area contributed by atoms with Crippen molar-refractivity contribution in [2.24, 2.45) is 0 Å². The van der Waals surface area contributed by atoms with Crippen LogP contribution in [0.15, 0.2) is 37.2 Å². The summed E-state index contributed by atoms with van der Waals surface area (Å²) in [4.78, 5) is 3.98. The lowest BCUT2D eigenvalue weighted by Gasteiger charge is -1.82. The summed E-state index contributed by atoms with van der Waals surface area (Å²) in [6, 6.07) is 5.86. The third kappa shape index (κ3) is 6.58. The number of nitrogens with zero attached hydrogens (tertiary/aromatic N) is 1.